The molecule has 1 unspecified atom stereocenters. The minimum atomic E-state index is -0.848. The van der Waals surface area contributed by atoms with Gasteiger partial charge in [-0.3, -0.25) is 9.59 Å². The molecule has 2 rings (SSSR count). The number of rotatable bonds is 13. The zero-order valence-corrected chi connectivity index (χ0v) is 23.9. The van der Waals surface area contributed by atoms with Gasteiger partial charge in [-0.2, -0.15) is 0 Å². The molecule has 7 heteroatoms. The molecule has 0 spiro atoms. The van der Waals surface area contributed by atoms with Gasteiger partial charge in [-0.05, 0) is 57.7 Å². The first-order valence-corrected chi connectivity index (χ1v) is 13.7. The minimum Gasteiger partial charge on any atom is -0.444 e. The highest BCUT2D eigenvalue weighted by Crippen LogP contribution is 2.27. The van der Waals surface area contributed by atoms with Crippen LogP contribution in [-0.4, -0.2) is 41.5 Å². The first-order valence-electron chi connectivity index (χ1n) is 13.7. The van der Waals surface area contributed by atoms with E-state index in [1.165, 1.54) is 6.42 Å². The molecule has 0 fully saturated rings. The van der Waals surface area contributed by atoms with Crippen LogP contribution >= 0.6 is 0 Å². The van der Waals surface area contributed by atoms with Crippen LogP contribution in [0.3, 0.4) is 0 Å². The Labute approximate surface area is 228 Å². The molecule has 0 heterocycles. The van der Waals surface area contributed by atoms with Crippen LogP contribution in [0.5, 0.6) is 0 Å². The van der Waals surface area contributed by atoms with Gasteiger partial charge in [0.2, 0.25) is 5.91 Å². The number of benzene rings is 2. The van der Waals surface area contributed by atoms with E-state index in [-0.39, 0.29) is 18.4 Å². The van der Waals surface area contributed by atoms with Crippen molar-refractivity contribution in [2.45, 2.75) is 91.7 Å². The summed E-state index contributed by atoms with van der Waals surface area (Å²) in [5, 5.41) is 5.65. The fourth-order valence-corrected chi connectivity index (χ4v) is 4.34. The third-order valence-electron chi connectivity index (χ3n) is 6.26. The normalized spacial score (nSPS) is 11.9. The molecule has 0 saturated carbocycles. The predicted molar refractivity (Wildman–Crippen MR) is 153 cm³/mol. The van der Waals surface area contributed by atoms with Gasteiger partial charge in [0.25, 0.3) is 5.91 Å². The largest absolute Gasteiger partial charge is 0.444 e. The highest BCUT2D eigenvalue weighted by Gasteiger charge is 2.32. The summed E-state index contributed by atoms with van der Waals surface area (Å²) in [7, 11) is 0. The van der Waals surface area contributed by atoms with Crippen LogP contribution in [0.25, 0.3) is 0 Å². The summed E-state index contributed by atoms with van der Waals surface area (Å²) in [5.74, 6) is -0.625. The van der Waals surface area contributed by atoms with Crippen molar-refractivity contribution in [1.82, 2.24) is 10.2 Å². The number of alkyl carbamates (subject to hydrolysis) is 1. The lowest BCUT2D eigenvalue weighted by Crippen LogP contribution is -2.47. The maximum Gasteiger partial charge on any atom is 0.408 e. The molecule has 0 aliphatic rings. The SMILES string of the molecule is CCCCCCCCN(C(=O)CNC(=O)OC(C)(C)C)C(C(=O)Nc1c(C)cccc1C)c1ccccc1. The number of aryl methyl sites for hydroxylation is 2. The first kappa shape index (κ1) is 30.9. The summed E-state index contributed by atoms with van der Waals surface area (Å²) in [6, 6.07) is 14.3. The highest BCUT2D eigenvalue weighted by atomic mass is 16.6. The Morgan fingerprint density at radius 1 is 0.868 bits per heavy atom. The second kappa shape index (κ2) is 15.2. The summed E-state index contributed by atoms with van der Waals surface area (Å²) >= 11 is 0. The zero-order chi connectivity index (χ0) is 28.1. The van der Waals surface area contributed by atoms with E-state index < -0.39 is 17.7 Å². The number of carbonyl (C=O) groups excluding carboxylic acids is 3. The molecule has 208 valence electrons. The van der Waals surface area contributed by atoms with Crippen molar-refractivity contribution >= 4 is 23.6 Å². The van der Waals surface area contributed by atoms with Gasteiger partial charge in [0.05, 0.1) is 0 Å². The van der Waals surface area contributed by atoms with Gasteiger partial charge >= 0.3 is 6.09 Å². The fourth-order valence-electron chi connectivity index (χ4n) is 4.34. The van der Waals surface area contributed by atoms with Crippen LogP contribution in [0.4, 0.5) is 10.5 Å². The molecule has 0 aliphatic heterocycles. The molecular formula is C31H45N3O4. The second-order valence-electron chi connectivity index (χ2n) is 10.8. The van der Waals surface area contributed by atoms with Gasteiger partial charge in [0.15, 0.2) is 0 Å². The predicted octanol–water partition coefficient (Wildman–Crippen LogP) is 6.70. The van der Waals surface area contributed by atoms with E-state index in [9.17, 15) is 14.4 Å². The fraction of sp³-hybridized carbons (Fsp3) is 0.516. The van der Waals surface area contributed by atoms with Gasteiger partial charge in [-0.1, -0.05) is 87.6 Å². The van der Waals surface area contributed by atoms with Crippen LogP contribution in [0.1, 0.15) is 89.0 Å². The Bertz CT molecular complexity index is 1030. The van der Waals surface area contributed by atoms with Crippen molar-refractivity contribution < 1.29 is 19.1 Å². The standard InChI is InChI=1S/C31H45N3O4/c1-7-8-9-10-11-15-21-34(26(35)22-32-30(37)38-31(4,5)6)28(25-19-13-12-14-20-25)29(36)33-27-23(2)17-16-18-24(27)3/h12-14,16-20,28H,7-11,15,21-22H2,1-6H3,(H,32,37)(H,33,36). The summed E-state index contributed by atoms with van der Waals surface area (Å²) in [6.07, 6.45) is 5.64. The number of carbonyl (C=O) groups is 3. The van der Waals surface area contributed by atoms with Crippen molar-refractivity contribution in [3.8, 4) is 0 Å². The van der Waals surface area contributed by atoms with Gasteiger partial charge in [0.1, 0.15) is 18.2 Å². The number of amides is 3. The Kier molecular flexibility index (Phi) is 12.3. The molecule has 2 N–H and O–H groups in total. The van der Waals surface area contributed by atoms with Crippen LogP contribution < -0.4 is 10.6 Å². The third kappa shape index (κ3) is 10.2. The summed E-state index contributed by atoms with van der Waals surface area (Å²) < 4.78 is 5.30. The molecule has 3 amide bonds. The molecule has 7 nitrogen and oxygen atoms in total. The van der Waals surface area contributed by atoms with Gasteiger partial charge in [0, 0.05) is 12.2 Å². The topological polar surface area (TPSA) is 87.7 Å². The maximum absolute atomic E-state index is 13.8. The van der Waals surface area contributed by atoms with E-state index in [1.54, 1.807) is 25.7 Å². The van der Waals surface area contributed by atoms with Gasteiger partial charge in [-0.25, -0.2) is 4.79 Å². The average molecular weight is 524 g/mol. The van der Waals surface area contributed by atoms with Crippen molar-refractivity contribution in [3.05, 3.63) is 65.2 Å². The van der Waals surface area contributed by atoms with E-state index in [1.807, 2.05) is 62.4 Å². The van der Waals surface area contributed by atoms with Crippen molar-refractivity contribution in [3.63, 3.8) is 0 Å². The van der Waals surface area contributed by atoms with Gasteiger partial charge in [-0.15, -0.1) is 0 Å². The Hall–Kier alpha value is -3.35. The molecular weight excluding hydrogens is 478 g/mol. The number of hydrogen-bond donors (Lipinski definition) is 2. The summed E-state index contributed by atoms with van der Waals surface area (Å²) in [4.78, 5) is 41.3. The number of ether oxygens (including phenoxy) is 1. The molecule has 1 atom stereocenters. The first-order chi connectivity index (χ1) is 18.0. The number of anilines is 1. The minimum absolute atomic E-state index is 0.259. The van der Waals surface area contributed by atoms with Crippen LogP contribution in [0.2, 0.25) is 0 Å². The van der Waals surface area contributed by atoms with Crippen molar-refractivity contribution in [1.29, 1.82) is 0 Å². The molecule has 0 aromatic heterocycles. The second-order valence-corrected chi connectivity index (χ2v) is 10.8. The van der Waals surface area contributed by atoms with Crippen molar-refractivity contribution in [2.75, 3.05) is 18.4 Å². The number of hydrogen-bond acceptors (Lipinski definition) is 4. The number of nitrogens with one attached hydrogen (secondary N) is 2. The van der Waals surface area contributed by atoms with Crippen LogP contribution in [-0.2, 0) is 14.3 Å². The molecule has 2 aromatic carbocycles. The van der Waals surface area contributed by atoms with E-state index in [4.69, 9.17) is 4.74 Å². The molecule has 2 aromatic rings. The van der Waals surface area contributed by atoms with Gasteiger partial charge < -0.3 is 20.3 Å². The molecule has 0 radical (unpaired) electrons. The summed E-state index contributed by atoms with van der Waals surface area (Å²) in [6.45, 7) is 11.5. The van der Waals surface area contributed by atoms with E-state index in [2.05, 4.69) is 17.6 Å². The smallest absolute Gasteiger partial charge is 0.408 e. The van der Waals surface area contributed by atoms with Crippen molar-refractivity contribution in [2.24, 2.45) is 0 Å². The number of unbranched alkanes of at least 4 members (excludes halogenated alkanes) is 5. The Morgan fingerprint density at radius 3 is 2.08 bits per heavy atom. The Morgan fingerprint density at radius 2 is 1.47 bits per heavy atom. The van der Waals surface area contributed by atoms with E-state index in [0.717, 1.165) is 48.9 Å². The molecule has 38 heavy (non-hydrogen) atoms. The maximum atomic E-state index is 13.8. The third-order valence-corrected chi connectivity index (χ3v) is 6.26. The summed E-state index contributed by atoms with van der Waals surface area (Å²) in [5.41, 5.74) is 2.68. The molecule has 0 saturated heterocycles. The van der Waals surface area contributed by atoms with Crippen LogP contribution in [0, 0.1) is 13.8 Å². The molecule has 0 aliphatic carbocycles. The lowest BCUT2D eigenvalue weighted by atomic mass is 10.0. The van der Waals surface area contributed by atoms with E-state index >= 15 is 0 Å². The van der Waals surface area contributed by atoms with Crippen LogP contribution in [0.15, 0.2) is 48.5 Å². The number of nitrogens with zero attached hydrogens (tertiary/aromatic N) is 1. The lowest BCUT2D eigenvalue weighted by molar-refractivity contribution is -0.138. The highest BCUT2D eigenvalue weighted by molar-refractivity contribution is 5.99. The Balaban J connectivity index is 2.32. The average Bonchev–Trinajstić information content (AvgIpc) is 2.85. The zero-order valence-electron chi connectivity index (χ0n) is 23.9. The monoisotopic (exact) mass is 523 g/mol. The number of para-hydroxylation sites is 1. The quantitative estimate of drug-likeness (QED) is 0.286. The van der Waals surface area contributed by atoms with E-state index in [0.29, 0.717) is 12.1 Å². The lowest BCUT2D eigenvalue weighted by Gasteiger charge is -2.32. The molecule has 0 bridgehead atoms.